The maximum absolute atomic E-state index is 4.54. The number of nitrogens with one attached hydrogen (secondary N) is 1. The lowest BCUT2D eigenvalue weighted by molar-refractivity contribution is 0.305. The molecule has 1 heterocycles. The maximum Gasteiger partial charge on any atom is 0.110 e. The van der Waals surface area contributed by atoms with E-state index in [2.05, 4.69) is 15.7 Å². The Bertz CT molecular complexity index is 385. The maximum atomic E-state index is 4.54. The lowest BCUT2D eigenvalue weighted by Crippen LogP contribution is -2.37. The molecule has 3 aliphatic carbocycles. The van der Waals surface area contributed by atoms with Gasteiger partial charge in [-0.3, -0.25) is 0 Å². The minimum Gasteiger partial charge on any atom is -0.305 e. The summed E-state index contributed by atoms with van der Waals surface area (Å²) in [4.78, 5) is 4.54. The second kappa shape index (κ2) is 4.06. The zero-order chi connectivity index (χ0) is 11.2. The topological polar surface area (TPSA) is 24.9 Å². The largest absolute Gasteiger partial charge is 0.305 e. The first-order chi connectivity index (χ1) is 8.40. The summed E-state index contributed by atoms with van der Waals surface area (Å²) in [5, 5.41) is 7.41. The highest BCUT2D eigenvalue weighted by molar-refractivity contribution is 7.09. The van der Waals surface area contributed by atoms with Crippen LogP contribution in [0.5, 0.6) is 0 Å². The van der Waals surface area contributed by atoms with Gasteiger partial charge >= 0.3 is 0 Å². The van der Waals surface area contributed by atoms with Crippen LogP contribution in [0.3, 0.4) is 0 Å². The van der Waals surface area contributed by atoms with Crippen LogP contribution < -0.4 is 5.32 Å². The van der Waals surface area contributed by atoms with Crippen LogP contribution in [0.15, 0.2) is 11.6 Å². The van der Waals surface area contributed by atoms with Crippen molar-refractivity contribution in [3.05, 3.63) is 16.6 Å². The molecule has 0 aliphatic heterocycles. The van der Waals surface area contributed by atoms with E-state index in [0.717, 1.165) is 23.8 Å². The fraction of sp³-hybridized carbons (Fsp3) is 0.786. The molecule has 4 rings (SSSR count). The second-order valence-electron chi connectivity index (χ2n) is 6.13. The molecule has 0 radical (unpaired) electrons. The Morgan fingerprint density at radius 2 is 2.18 bits per heavy atom. The number of rotatable bonds is 4. The van der Waals surface area contributed by atoms with Gasteiger partial charge in [0.2, 0.25) is 0 Å². The molecule has 0 unspecified atom stereocenters. The van der Waals surface area contributed by atoms with Gasteiger partial charge in [0, 0.05) is 17.6 Å². The summed E-state index contributed by atoms with van der Waals surface area (Å²) in [6.07, 6.45) is 10.6. The standard InChI is InChI=1S/C14H20N2S/c1-2-11-7-9(1)8-12(11)16-13(10-3-4-10)14-15-5-6-17-14/h5-6,9-13,16H,1-4,7-8H2/t9-,11-,12+,13-/m0/s1. The summed E-state index contributed by atoms with van der Waals surface area (Å²) in [6.45, 7) is 0. The summed E-state index contributed by atoms with van der Waals surface area (Å²) in [5.41, 5.74) is 0. The van der Waals surface area contributed by atoms with Crippen LogP contribution in [-0.2, 0) is 0 Å². The van der Waals surface area contributed by atoms with Crippen LogP contribution in [-0.4, -0.2) is 11.0 Å². The normalized spacial score (nSPS) is 37.5. The van der Waals surface area contributed by atoms with E-state index in [1.807, 2.05) is 17.5 Å². The molecule has 92 valence electrons. The van der Waals surface area contributed by atoms with Crippen molar-refractivity contribution >= 4 is 11.3 Å². The average Bonchev–Trinajstić information content (AvgIpc) is 2.82. The van der Waals surface area contributed by atoms with Crippen LogP contribution >= 0.6 is 11.3 Å². The SMILES string of the molecule is c1csc([C@@H](N[C@@H]2C[C@H]3CC[C@H]2C3)C2CC2)n1. The van der Waals surface area contributed by atoms with E-state index < -0.39 is 0 Å². The van der Waals surface area contributed by atoms with Crippen molar-refractivity contribution < 1.29 is 0 Å². The third-order valence-corrected chi connectivity index (χ3v) is 5.80. The molecule has 17 heavy (non-hydrogen) atoms. The van der Waals surface area contributed by atoms with E-state index >= 15 is 0 Å². The Kier molecular flexibility index (Phi) is 2.51. The third kappa shape index (κ3) is 1.93. The lowest BCUT2D eigenvalue weighted by atomic mass is 9.94. The van der Waals surface area contributed by atoms with Crippen LogP contribution in [0.25, 0.3) is 0 Å². The number of aromatic nitrogens is 1. The number of hydrogen-bond donors (Lipinski definition) is 1. The van der Waals surface area contributed by atoms with Gasteiger partial charge in [-0.1, -0.05) is 6.42 Å². The molecule has 0 spiro atoms. The molecule has 4 atom stereocenters. The quantitative estimate of drug-likeness (QED) is 0.883. The van der Waals surface area contributed by atoms with E-state index in [1.54, 1.807) is 0 Å². The molecule has 1 aromatic rings. The summed E-state index contributed by atoms with van der Waals surface area (Å²) in [6, 6.07) is 1.36. The highest BCUT2D eigenvalue weighted by Crippen LogP contribution is 2.47. The van der Waals surface area contributed by atoms with Gasteiger partial charge in [-0.2, -0.15) is 0 Å². The molecule has 3 saturated carbocycles. The first kappa shape index (κ1) is 10.5. The minimum atomic E-state index is 0.569. The zero-order valence-corrected chi connectivity index (χ0v) is 11.0. The molecule has 1 aromatic heterocycles. The van der Waals surface area contributed by atoms with Crippen molar-refractivity contribution in [2.75, 3.05) is 0 Å². The predicted octanol–water partition coefficient (Wildman–Crippen LogP) is 3.37. The Hall–Kier alpha value is -0.410. The number of nitrogens with zero attached hydrogens (tertiary/aromatic N) is 1. The molecule has 2 nitrogen and oxygen atoms in total. The first-order valence-electron chi connectivity index (χ1n) is 7.05. The summed E-state index contributed by atoms with van der Waals surface area (Å²) < 4.78 is 0. The van der Waals surface area contributed by atoms with Gasteiger partial charge in [-0.15, -0.1) is 11.3 Å². The van der Waals surface area contributed by atoms with Gasteiger partial charge in [-0.25, -0.2) is 4.98 Å². The van der Waals surface area contributed by atoms with Crippen molar-refractivity contribution in [2.24, 2.45) is 17.8 Å². The molecular formula is C14H20N2S. The van der Waals surface area contributed by atoms with Crippen LogP contribution in [0, 0.1) is 17.8 Å². The molecule has 3 aliphatic rings. The van der Waals surface area contributed by atoms with Crippen molar-refractivity contribution in [3.63, 3.8) is 0 Å². The monoisotopic (exact) mass is 248 g/mol. The fourth-order valence-electron chi connectivity index (χ4n) is 3.91. The summed E-state index contributed by atoms with van der Waals surface area (Å²) in [5.74, 6) is 2.88. The van der Waals surface area contributed by atoms with Gasteiger partial charge in [0.05, 0.1) is 6.04 Å². The van der Waals surface area contributed by atoms with E-state index in [4.69, 9.17) is 0 Å². The molecule has 3 heteroatoms. The molecule has 0 aromatic carbocycles. The number of thiazole rings is 1. The first-order valence-corrected chi connectivity index (χ1v) is 7.93. The number of fused-ring (bicyclic) bond motifs is 2. The van der Waals surface area contributed by atoms with Crippen LogP contribution in [0.4, 0.5) is 0 Å². The molecule has 0 saturated heterocycles. The Balaban J connectivity index is 1.49. The predicted molar refractivity (Wildman–Crippen MR) is 70.0 cm³/mol. The van der Waals surface area contributed by atoms with Gasteiger partial charge in [-0.05, 0) is 49.9 Å². The number of hydrogen-bond acceptors (Lipinski definition) is 3. The molecular weight excluding hydrogens is 228 g/mol. The molecule has 0 amide bonds. The Morgan fingerprint density at radius 3 is 2.76 bits per heavy atom. The van der Waals surface area contributed by atoms with Crippen molar-refractivity contribution in [3.8, 4) is 0 Å². The Labute approximate surface area is 107 Å². The van der Waals surface area contributed by atoms with Gasteiger partial charge in [0.25, 0.3) is 0 Å². The molecule has 3 fully saturated rings. The highest BCUT2D eigenvalue weighted by Gasteiger charge is 2.43. The fourth-order valence-corrected chi connectivity index (χ4v) is 4.70. The van der Waals surface area contributed by atoms with Crippen LogP contribution in [0.2, 0.25) is 0 Å². The summed E-state index contributed by atoms with van der Waals surface area (Å²) in [7, 11) is 0. The van der Waals surface area contributed by atoms with Crippen molar-refractivity contribution in [1.82, 2.24) is 10.3 Å². The Morgan fingerprint density at radius 1 is 1.24 bits per heavy atom. The van der Waals surface area contributed by atoms with E-state index in [-0.39, 0.29) is 0 Å². The third-order valence-electron chi connectivity index (χ3n) is 4.94. The van der Waals surface area contributed by atoms with E-state index in [1.165, 1.54) is 43.5 Å². The highest BCUT2D eigenvalue weighted by atomic mass is 32.1. The average molecular weight is 248 g/mol. The van der Waals surface area contributed by atoms with Crippen molar-refractivity contribution in [2.45, 2.75) is 50.6 Å². The smallest absolute Gasteiger partial charge is 0.110 e. The zero-order valence-electron chi connectivity index (χ0n) is 10.1. The summed E-state index contributed by atoms with van der Waals surface area (Å²) >= 11 is 1.83. The van der Waals surface area contributed by atoms with Gasteiger partial charge in [0.1, 0.15) is 5.01 Å². The van der Waals surface area contributed by atoms with E-state index in [0.29, 0.717) is 6.04 Å². The molecule has 1 N–H and O–H groups in total. The van der Waals surface area contributed by atoms with E-state index in [9.17, 15) is 0 Å². The minimum absolute atomic E-state index is 0.569. The second-order valence-corrected chi connectivity index (χ2v) is 7.06. The molecule has 2 bridgehead atoms. The van der Waals surface area contributed by atoms with Gasteiger partial charge in [0.15, 0.2) is 0 Å². The lowest BCUT2D eigenvalue weighted by Gasteiger charge is -2.27. The van der Waals surface area contributed by atoms with Gasteiger partial charge < -0.3 is 5.32 Å². The van der Waals surface area contributed by atoms with Crippen LogP contribution in [0.1, 0.15) is 49.6 Å². The van der Waals surface area contributed by atoms with Crippen molar-refractivity contribution in [1.29, 1.82) is 0 Å².